The summed E-state index contributed by atoms with van der Waals surface area (Å²) in [6.45, 7) is 7.81. The Morgan fingerprint density at radius 3 is 1.55 bits per heavy atom. The first-order chi connectivity index (χ1) is 9.53. The van der Waals surface area contributed by atoms with Crippen LogP contribution < -0.4 is 0 Å². The van der Waals surface area contributed by atoms with Crippen LogP contribution in [0.3, 0.4) is 0 Å². The second kappa shape index (κ2) is 10.5. The number of pyridine rings is 2. The van der Waals surface area contributed by atoms with Gasteiger partial charge in [0, 0.05) is 12.4 Å². The van der Waals surface area contributed by atoms with E-state index in [2.05, 4.69) is 48.4 Å². The largest absolute Gasteiger partial charge is 0.371 e. The number of rotatable bonds is 2. The topological polar surface area (TPSA) is 46.0 Å². The summed E-state index contributed by atoms with van der Waals surface area (Å²) >= 11 is 7.35. The molecule has 2 rings (SSSR count). The van der Waals surface area contributed by atoms with Crippen molar-refractivity contribution in [1.29, 1.82) is 0 Å². The lowest BCUT2D eigenvalue weighted by Gasteiger charge is -2.09. The summed E-state index contributed by atoms with van der Waals surface area (Å²) in [5.41, 5.74) is 1.83. The van der Waals surface area contributed by atoms with Crippen LogP contribution in [-0.4, -0.2) is 19.3 Å². The molecule has 1 N–H and O–H groups in total. The molecule has 0 bridgehead atoms. The zero-order chi connectivity index (χ0) is 15.4. The van der Waals surface area contributed by atoms with Gasteiger partial charge in [-0.2, -0.15) is 0 Å². The van der Waals surface area contributed by atoms with Crippen LogP contribution in [0.2, 0.25) is 0 Å². The van der Waals surface area contributed by atoms with E-state index < -0.39 is 4.27 Å². The average Bonchev–Trinajstić information content (AvgIpc) is 2.51. The standard InChI is InChI=1S/C10H8N2.C3H8OS2.C2H4/c1-3-7-11-9(5-1)10-6-2-4-8-12-10;1-2-3(4,5)6;1-2/h1-8H;4-6H,2H2,1H3;1-2H2. The van der Waals surface area contributed by atoms with Crippen molar-refractivity contribution in [3.63, 3.8) is 0 Å². The van der Waals surface area contributed by atoms with Crippen molar-refractivity contribution in [1.82, 2.24) is 9.97 Å². The van der Waals surface area contributed by atoms with E-state index in [9.17, 15) is 0 Å². The van der Waals surface area contributed by atoms with Gasteiger partial charge in [0.25, 0.3) is 0 Å². The van der Waals surface area contributed by atoms with Crippen LogP contribution in [0.15, 0.2) is 61.9 Å². The van der Waals surface area contributed by atoms with E-state index in [0.717, 1.165) is 11.4 Å². The van der Waals surface area contributed by atoms with E-state index >= 15 is 0 Å². The van der Waals surface area contributed by atoms with Crippen molar-refractivity contribution < 1.29 is 5.11 Å². The Balaban J connectivity index is 0.000000387. The smallest absolute Gasteiger partial charge is 0.151 e. The van der Waals surface area contributed by atoms with Crippen molar-refractivity contribution >= 4 is 25.3 Å². The normalized spacial score (nSPS) is 9.60. The molecule has 0 amide bonds. The first-order valence-electron chi connectivity index (χ1n) is 6.02. The molecule has 0 unspecified atom stereocenters. The summed E-state index contributed by atoms with van der Waals surface area (Å²) in [4.78, 5) is 8.37. The molecule has 0 radical (unpaired) electrons. The Bertz CT molecular complexity index is 421. The first kappa shape index (κ1) is 18.7. The third kappa shape index (κ3) is 8.74. The maximum absolute atomic E-state index is 8.55. The van der Waals surface area contributed by atoms with Gasteiger partial charge in [0.05, 0.1) is 11.4 Å². The van der Waals surface area contributed by atoms with Crippen LogP contribution in [-0.2, 0) is 0 Å². The van der Waals surface area contributed by atoms with E-state index in [1.165, 1.54) is 0 Å². The molecular weight excluding hydrogens is 288 g/mol. The van der Waals surface area contributed by atoms with Gasteiger partial charge in [-0.3, -0.25) is 9.97 Å². The third-order valence-electron chi connectivity index (χ3n) is 2.07. The van der Waals surface area contributed by atoms with Gasteiger partial charge in [0.2, 0.25) is 0 Å². The highest BCUT2D eigenvalue weighted by atomic mass is 32.2. The predicted octanol–water partition coefficient (Wildman–Crippen LogP) is 3.85. The second-order valence-electron chi connectivity index (χ2n) is 3.56. The highest BCUT2D eigenvalue weighted by Gasteiger charge is 2.08. The number of aromatic nitrogens is 2. The molecule has 0 aliphatic carbocycles. The fraction of sp³-hybridized carbons (Fsp3) is 0.200. The molecule has 2 aromatic heterocycles. The highest BCUT2D eigenvalue weighted by Crippen LogP contribution is 2.17. The molecule has 20 heavy (non-hydrogen) atoms. The van der Waals surface area contributed by atoms with Crippen LogP contribution in [0.4, 0.5) is 0 Å². The lowest BCUT2D eigenvalue weighted by molar-refractivity contribution is 0.231. The van der Waals surface area contributed by atoms with Crippen LogP contribution in [0.25, 0.3) is 11.4 Å². The Kier molecular flexibility index (Phi) is 9.80. The molecule has 0 saturated heterocycles. The molecule has 2 aromatic rings. The molecule has 2 heterocycles. The number of hydrogen-bond acceptors (Lipinski definition) is 5. The van der Waals surface area contributed by atoms with Crippen molar-refractivity contribution in [2.45, 2.75) is 17.6 Å². The molecule has 0 aliphatic rings. The summed E-state index contributed by atoms with van der Waals surface area (Å²) in [6, 6.07) is 11.6. The van der Waals surface area contributed by atoms with E-state index in [1.54, 1.807) is 19.3 Å². The molecular formula is C15H20N2OS2. The van der Waals surface area contributed by atoms with E-state index in [0.29, 0.717) is 6.42 Å². The average molecular weight is 308 g/mol. The third-order valence-corrected chi connectivity index (χ3v) is 2.70. The van der Waals surface area contributed by atoms with E-state index in [1.807, 2.05) is 36.4 Å². The number of thiol groups is 2. The number of hydrogen-bond donors (Lipinski definition) is 3. The van der Waals surface area contributed by atoms with Crippen molar-refractivity contribution in [2.75, 3.05) is 0 Å². The first-order valence-corrected chi connectivity index (χ1v) is 6.92. The Morgan fingerprint density at radius 1 is 1.00 bits per heavy atom. The maximum atomic E-state index is 8.55. The minimum atomic E-state index is -1.07. The molecule has 5 heteroatoms. The number of aliphatic hydroxyl groups is 1. The summed E-state index contributed by atoms with van der Waals surface area (Å²) in [5, 5.41) is 8.55. The van der Waals surface area contributed by atoms with Crippen LogP contribution >= 0.6 is 25.3 Å². The van der Waals surface area contributed by atoms with E-state index in [-0.39, 0.29) is 0 Å². The van der Waals surface area contributed by atoms with Crippen LogP contribution in [0, 0.1) is 0 Å². The lowest BCUT2D eigenvalue weighted by Crippen LogP contribution is -2.07. The molecule has 0 saturated carbocycles. The second-order valence-corrected chi connectivity index (χ2v) is 5.39. The van der Waals surface area contributed by atoms with Gasteiger partial charge in [0.1, 0.15) is 0 Å². The summed E-state index contributed by atoms with van der Waals surface area (Å²) in [7, 11) is 0. The van der Waals surface area contributed by atoms with Crippen molar-refractivity contribution in [2.24, 2.45) is 0 Å². The zero-order valence-corrected chi connectivity index (χ0v) is 13.3. The number of nitrogens with zero attached hydrogens (tertiary/aromatic N) is 2. The fourth-order valence-corrected chi connectivity index (χ4v) is 1.03. The van der Waals surface area contributed by atoms with Gasteiger partial charge < -0.3 is 5.11 Å². The van der Waals surface area contributed by atoms with Gasteiger partial charge in [-0.15, -0.1) is 38.4 Å². The Hall–Kier alpha value is -1.30. The lowest BCUT2D eigenvalue weighted by atomic mass is 10.2. The Morgan fingerprint density at radius 2 is 1.35 bits per heavy atom. The zero-order valence-electron chi connectivity index (χ0n) is 11.5. The molecule has 0 atom stereocenters. The van der Waals surface area contributed by atoms with E-state index in [4.69, 9.17) is 5.11 Å². The van der Waals surface area contributed by atoms with Gasteiger partial charge in [-0.1, -0.05) is 19.1 Å². The maximum Gasteiger partial charge on any atom is 0.151 e. The molecule has 0 aromatic carbocycles. The quantitative estimate of drug-likeness (QED) is 0.449. The van der Waals surface area contributed by atoms with Crippen LogP contribution in [0.5, 0.6) is 0 Å². The molecule has 0 fully saturated rings. The minimum absolute atomic E-state index is 0.555. The van der Waals surface area contributed by atoms with Gasteiger partial charge >= 0.3 is 0 Å². The van der Waals surface area contributed by atoms with Crippen molar-refractivity contribution in [3.8, 4) is 11.4 Å². The highest BCUT2D eigenvalue weighted by molar-refractivity contribution is 8.00. The van der Waals surface area contributed by atoms with Crippen LogP contribution in [0.1, 0.15) is 13.3 Å². The summed E-state index contributed by atoms with van der Waals surface area (Å²) in [5.74, 6) is 0. The van der Waals surface area contributed by atoms with Crippen molar-refractivity contribution in [3.05, 3.63) is 61.9 Å². The van der Waals surface area contributed by atoms with Gasteiger partial charge in [-0.25, -0.2) is 0 Å². The summed E-state index contributed by atoms with van der Waals surface area (Å²) in [6.07, 6.45) is 4.09. The summed E-state index contributed by atoms with van der Waals surface area (Å²) < 4.78 is -1.07. The van der Waals surface area contributed by atoms with Gasteiger partial charge in [0.15, 0.2) is 4.27 Å². The predicted molar refractivity (Wildman–Crippen MR) is 91.9 cm³/mol. The Labute approximate surface area is 131 Å². The monoisotopic (exact) mass is 308 g/mol. The molecule has 108 valence electrons. The molecule has 0 spiro atoms. The SMILES string of the molecule is C=C.CCC(O)(S)S.c1ccc(-c2ccccn2)nc1. The van der Waals surface area contributed by atoms with Gasteiger partial charge in [-0.05, 0) is 30.7 Å². The minimum Gasteiger partial charge on any atom is -0.371 e. The fourth-order valence-electron chi connectivity index (χ4n) is 1.03. The molecule has 3 nitrogen and oxygen atoms in total. The molecule has 0 aliphatic heterocycles.